The molecule has 10 atom stereocenters. The van der Waals surface area contributed by atoms with Gasteiger partial charge in [0.2, 0.25) is 0 Å². The van der Waals surface area contributed by atoms with Gasteiger partial charge in [0, 0.05) is 13.3 Å². The van der Waals surface area contributed by atoms with Gasteiger partial charge in [-0.05, 0) is 58.7 Å². The van der Waals surface area contributed by atoms with Gasteiger partial charge in [0.15, 0.2) is 24.8 Å². The predicted molar refractivity (Wildman–Crippen MR) is 276 cm³/mol. The second-order valence-electron chi connectivity index (χ2n) is 18.0. The van der Waals surface area contributed by atoms with Gasteiger partial charge in [0.1, 0.15) is 48.9 Å². The third-order valence-electron chi connectivity index (χ3n) is 12.7. The van der Waals surface area contributed by atoms with Crippen LogP contribution in [0.15, 0.2) is 206 Å². The van der Waals surface area contributed by atoms with Crippen molar-refractivity contribution in [1.82, 2.24) is 4.98 Å². The first kappa shape index (κ1) is 53.4. The Morgan fingerprint density at radius 1 is 0.395 bits per heavy atom. The van der Waals surface area contributed by atoms with Crippen LogP contribution in [0.5, 0.6) is 0 Å². The molecule has 7 aromatic rings. The van der Waals surface area contributed by atoms with Crippen molar-refractivity contribution in [3.8, 4) is 0 Å². The topological polar surface area (TPSA) is 166 Å². The van der Waals surface area contributed by atoms with Crippen LogP contribution in [0.2, 0.25) is 0 Å². The largest absolute Gasteiger partial charge is 0.459 e. The lowest BCUT2D eigenvalue weighted by Crippen LogP contribution is -2.64. The molecule has 76 heavy (non-hydrogen) atoms. The minimum absolute atomic E-state index is 0.0241. The number of ether oxygens (including phenoxy) is 11. The van der Waals surface area contributed by atoms with Crippen LogP contribution in [0.4, 0.5) is 0 Å². The van der Waals surface area contributed by atoms with Crippen LogP contribution in [0.3, 0.4) is 0 Å². The van der Waals surface area contributed by atoms with E-state index in [9.17, 15) is 14.4 Å². The molecule has 1 aromatic heterocycles. The molecule has 15 heteroatoms. The Hall–Kier alpha value is -7.44. The van der Waals surface area contributed by atoms with Gasteiger partial charge in [-0.2, -0.15) is 0 Å². The molecule has 2 aliphatic rings. The van der Waals surface area contributed by atoms with Crippen molar-refractivity contribution in [3.63, 3.8) is 0 Å². The lowest BCUT2D eigenvalue weighted by Gasteiger charge is -2.47. The van der Waals surface area contributed by atoms with Gasteiger partial charge in [-0.1, -0.05) is 164 Å². The summed E-state index contributed by atoms with van der Waals surface area (Å²) in [4.78, 5) is 46.2. The van der Waals surface area contributed by atoms with Crippen molar-refractivity contribution < 1.29 is 66.5 Å². The van der Waals surface area contributed by atoms with Crippen LogP contribution in [-0.2, 0) is 78.5 Å². The maximum Gasteiger partial charge on any atom is 0.357 e. The molecule has 0 radical (unpaired) electrons. The van der Waals surface area contributed by atoms with E-state index in [-0.39, 0.29) is 49.9 Å². The molecule has 6 aromatic carbocycles. The lowest BCUT2D eigenvalue weighted by molar-refractivity contribution is -0.344. The number of hydrogen-bond acceptors (Lipinski definition) is 15. The fourth-order valence-electron chi connectivity index (χ4n) is 8.87. The summed E-state index contributed by atoms with van der Waals surface area (Å²) in [6, 6.07) is 60.0. The van der Waals surface area contributed by atoms with Gasteiger partial charge >= 0.3 is 17.9 Å². The van der Waals surface area contributed by atoms with E-state index in [1.54, 1.807) is 72.8 Å². The molecule has 0 unspecified atom stereocenters. The Labute approximate surface area is 441 Å². The standard InChI is InChI=1S/C61H59NO14/c1-66-60-55(69-38-44-26-12-4-13-27-44)53(68-37-43-24-10-3-11-25-43)51(67-36-42-22-8-2-9-23-42)49(73-60)41-72-61-56(70-39-45-28-14-5-15-29-45)54(76-59(65)48-34-20-21-35-62-48)52(75-58(64)47-32-18-7-19-33-47)50(74-61)40-71-57(63)46-30-16-6-17-31-46/h2-35,49-56,60-61H,36-41H2,1H3/t49-,50-,51-,52-,53+,54+,55-,56+,60+,61-/m1/s1. The summed E-state index contributed by atoms with van der Waals surface area (Å²) in [6.07, 6.45) is -9.94. The zero-order valence-electron chi connectivity index (χ0n) is 41.8. The Morgan fingerprint density at radius 3 is 1.29 bits per heavy atom. The molecule has 0 aliphatic carbocycles. The highest BCUT2D eigenvalue weighted by atomic mass is 16.8. The third-order valence-corrected chi connectivity index (χ3v) is 12.7. The molecule has 392 valence electrons. The molecule has 2 fully saturated rings. The highest BCUT2D eigenvalue weighted by Gasteiger charge is 2.54. The second-order valence-corrected chi connectivity index (χ2v) is 18.0. The van der Waals surface area contributed by atoms with E-state index in [4.69, 9.17) is 52.1 Å². The molecule has 2 aliphatic heterocycles. The summed E-state index contributed by atoms with van der Waals surface area (Å²) in [5.41, 5.74) is 3.95. The zero-order valence-corrected chi connectivity index (χ0v) is 41.8. The van der Waals surface area contributed by atoms with Crippen LogP contribution < -0.4 is 0 Å². The van der Waals surface area contributed by atoms with Crippen molar-refractivity contribution in [2.75, 3.05) is 20.3 Å². The number of nitrogens with zero attached hydrogens (tertiary/aromatic N) is 1. The van der Waals surface area contributed by atoms with Gasteiger partial charge in [-0.25, -0.2) is 19.4 Å². The molecular formula is C61H59NO14. The van der Waals surface area contributed by atoms with E-state index >= 15 is 0 Å². The zero-order chi connectivity index (χ0) is 52.3. The normalized spacial score (nSPS) is 23.2. The van der Waals surface area contributed by atoms with Crippen LogP contribution in [0.1, 0.15) is 53.5 Å². The Morgan fingerprint density at radius 2 is 0.803 bits per heavy atom. The lowest BCUT2D eigenvalue weighted by atomic mass is 9.96. The molecule has 0 N–H and O–H groups in total. The molecule has 2 saturated heterocycles. The summed E-state index contributed by atoms with van der Waals surface area (Å²) in [7, 11) is 1.53. The van der Waals surface area contributed by atoms with E-state index < -0.39 is 85.9 Å². The van der Waals surface area contributed by atoms with Gasteiger partial charge < -0.3 is 52.1 Å². The van der Waals surface area contributed by atoms with Crippen molar-refractivity contribution in [2.24, 2.45) is 0 Å². The number of carbonyl (C=O) groups excluding carboxylic acids is 3. The molecule has 3 heterocycles. The van der Waals surface area contributed by atoms with Crippen molar-refractivity contribution in [1.29, 1.82) is 0 Å². The van der Waals surface area contributed by atoms with E-state index in [1.165, 1.54) is 19.4 Å². The SMILES string of the molecule is CO[C@H]1O[C@H](CO[C@@H]2O[C@H](COC(=O)c3ccccc3)[C@@H](OC(=O)c3ccccc3)[C@H](OC(=O)c3ccccn3)[C@@H]2OCc2ccccc2)[C@@H](OCc2ccccc2)[C@H](OCc2ccccc2)[C@H]1OCc1ccccc1. The van der Waals surface area contributed by atoms with Gasteiger partial charge in [0.25, 0.3) is 0 Å². The fourth-order valence-corrected chi connectivity index (χ4v) is 8.87. The first-order chi connectivity index (χ1) is 37.4. The first-order valence-electron chi connectivity index (χ1n) is 25.1. The first-order valence-corrected chi connectivity index (χ1v) is 25.1. The van der Waals surface area contributed by atoms with Crippen LogP contribution >= 0.6 is 0 Å². The van der Waals surface area contributed by atoms with E-state index in [2.05, 4.69) is 4.98 Å². The molecule has 0 bridgehead atoms. The summed E-state index contributed by atoms with van der Waals surface area (Å²) in [5, 5.41) is 0. The Kier molecular flexibility index (Phi) is 19.2. The van der Waals surface area contributed by atoms with Crippen LogP contribution in [0.25, 0.3) is 0 Å². The summed E-state index contributed by atoms with van der Waals surface area (Å²) in [6.45, 7) is -0.178. The Bertz CT molecular complexity index is 2840. The highest BCUT2D eigenvalue weighted by molar-refractivity contribution is 5.90. The number of methoxy groups -OCH3 is 1. The van der Waals surface area contributed by atoms with Gasteiger partial charge in [0.05, 0.1) is 44.2 Å². The van der Waals surface area contributed by atoms with Gasteiger partial charge in [-0.15, -0.1) is 0 Å². The molecular weight excluding hydrogens is 971 g/mol. The molecule has 0 saturated carbocycles. The summed E-state index contributed by atoms with van der Waals surface area (Å²) < 4.78 is 72.2. The average molecular weight is 1030 g/mol. The smallest absolute Gasteiger partial charge is 0.357 e. The quantitative estimate of drug-likeness (QED) is 0.0440. The third kappa shape index (κ3) is 14.5. The van der Waals surface area contributed by atoms with Crippen LogP contribution in [-0.4, -0.2) is 105 Å². The van der Waals surface area contributed by atoms with Crippen molar-refractivity contribution in [2.45, 2.75) is 87.8 Å². The number of esters is 3. The molecule has 0 amide bonds. The van der Waals surface area contributed by atoms with Crippen molar-refractivity contribution >= 4 is 17.9 Å². The number of pyridine rings is 1. The number of carbonyl (C=O) groups is 3. The minimum atomic E-state index is -1.47. The second kappa shape index (κ2) is 27.4. The average Bonchev–Trinajstić information content (AvgIpc) is 3.49. The molecule has 9 rings (SSSR count). The summed E-state index contributed by atoms with van der Waals surface area (Å²) in [5.74, 6) is -2.29. The molecule has 0 spiro atoms. The van der Waals surface area contributed by atoms with E-state index in [0.29, 0.717) is 0 Å². The monoisotopic (exact) mass is 1030 g/mol. The van der Waals surface area contributed by atoms with E-state index in [0.717, 1.165) is 22.3 Å². The number of benzene rings is 6. The Balaban J connectivity index is 1.08. The fraction of sp³-hybridized carbons (Fsp3) is 0.279. The predicted octanol–water partition coefficient (Wildman–Crippen LogP) is 9.14. The number of aromatic nitrogens is 1. The maximum absolute atomic E-state index is 14.3. The minimum Gasteiger partial charge on any atom is -0.459 e. The van der Waals surface area contributed by atoms with Gasteiger partial charge in [-0.3, -0.25) is 0 Å². The molecule has 15 nitrogen and oxygen atoms in total. The number of hydrogen-bond donors (Lipinski definition) is 0. The maximum atomic E-state index is 14.3. The highest BCUT2D eigenvalue weighted by Crippen LogP contribution is 2.35. The van der Waals surface area contributed by atoms with E-state index in [1.807, 2.05) is 121 Å². The summed E-state index contributed by atoms with van der Waals surface area (Å²) >= 11 is 0. The van der Waals surface area contributed by atoms with Crippen LogP contribution in [0, 0.1) is 0 Å². The number of rotatable bonds is 23. The van der Waals surface area contributed by atoms with Crippen molar-refractivity contribution in [3.05, 3.63) is 245 Å².